The molecule has 0 saturated carbocycles. The molecular formula is C29H31N5O4S. The molecule has 2 aliphatic rings. The number of rotatable bonds is 7. The van der Waals surface area contributed by atoms with Crippen LogP contribution in [-0.4, -0.2) is 65.5 Å². The van der Waals surface area contributed by atoms with Gasteiger partial charge in [0.25, 0.3) is 0 Å². The number of aliphatic imine (C=N–C) groups is 1. The number of Topliss-reactive ketones (excluding diaryl/α,β-unsaturated/α-hetero) is 1. The number of likely N-dealkylation sites (tertiary alicyclic amines) is 2. The van der Waals surface area contributed by atoms with Gasteiger partial charge in [-0.15, -0.1) is 11.3 Å². The van der Waals surface area contributed by atoms with Crippen LogP contribution < -0.4 is 5.32 Å². The molecule has 5 rings (SSSR count). The molecule has 9 nitrogen and oxygen atoms in total. The predicted molar refractivity (Wildman–Crippen MR) is 150 cm³/mol. The number of anilines is 1. The van der Waals surface area contributed by atoms with E-state index < -0.39 is 12.0 Å². The molecule has 0 bridgehead atoms. The summed E-state index contributed by atoms with van der Waals surface area (Å²) in [5, 5.41) is 16.0. The van der Waals surface area contributed by atoms with Gasteiger partial charge in [-0.05, 0) is 74.7 Å². The fourth-order valence-electron chi connectivity index (χ4n) is 5.14. The molecule has 10 heteroatoms. The number of amidine groups is 1. The zero-order chi connectivity index (χ0) is 27.4. The maximum Gasteiger partial charge on any atom is 0.247 e. The first-order chi connectivity index (χ1) is 18.9. The first-order valence-corrected chi connectivity index (χ1v) is 14.2. The van der Waals surface area contributed by atoms with E-state index in [-0.39, 0.29) is 30.0 Å². The van der Waals surface area contributed by atoms with Gasteiger partial charge >= 0.3 is 0 Å². The lowest BCUT2D eigenvalue weighted by Gasteiger charge is -2.25. The van der Waals surface area contributed by atoms with E-state index in [4.69, 9.17) is 9.41 Å². The Morgan fingerprint density at radius 2 is 1.97 bits per heavy atom. The van der Waals surface area contributed by atoms with Crippen molar-refractivity contribution in [2.45, 2.75) is 45.1 Å². The SMILES string of the molecule is Cc1cc2cc(NC(=N[C@H]3CCCCN(CC(=O)N4CCCC4)C3=O)C(C#N)C(=O)c3cccs3)ccc2o1. The van der Waals surface area contributed by atoms with Crippen molar-refractivity contribution in [1.29, 1.82) is 5.26 Å². The Hall–Kier alpha value is -3.97. The van der Waals surface area contributed by atoms with E-state index in [1.54, 1.807) is 28.5 Å². The van der Waals surface area contributed by atoms with Crippen molar-refractivity contribution in [3.05, 3.63) is 52.4 Å². The largest absolute Gasteiger partial charge is 0.461 e. The molecule has 2 amide bonds. The van der Waals surface area contributed by atoms with Crippen LogP contribution in [0.1, 0.15) is 47.5 Å². The molecule has 2 atom stereocenters. The topological polar surface area (TPSA) is 119 Å². The number of ketones is 1. The van der Waals surface area contributed by atoms with Crippen molar-refractivity contribution in [1.82, 2.24) is 9.80 Å². The standard InChI is InChI=1S/C29H31N5O4S/c1-19-15-20-16-21(9-10-24(20)38-19)31-28(22(17-30)27(36)25-8-6-14-39-25)32-23-7-2-3-13-34(29(23)37)18-26(35)33-11-4-5-12-33/h6,8-10,14-16,22-23H,2-5,7,11-13,18H2,1H3,(H,31,32)/t22?,23-/m0/s1. The van der Waals surface area contributed by atoms with Gasteiger partial charge in [-0.2, -0.15) is 5.26 Å². The van der Waals surface area contributed by atoms with E-state index in [9.17, 15) is 19.6 Å². The number of furan rings is 1. The average Bonchev–Trinajstić information content (AvgIpc) is 3.69. The van der Waals surface area contributed by atoms with E-state index in [2.05, 4.69) is 11.4 Å². The normalized spacial score (nSPS) is 19.1. The zero-order valence-electron chi connectivity index (χ0n) is 21.9. The van der Waals surface area contributed by atoms with Crippen LogP contribution >= 0.6 is 11.3 Å². The summed E-state index contributed by atoms with van der Waals surface area (Å²) in [7, 11) is 0. The van der Waals surface area contributed by atoms with E-state index >= 15 is 0 Å². The van der Waals surface area contributed by atoms with Gasteiger partial charge in [-0.1, -0.05) is 6.07 Å². The molecule has 2 aromatic heterocycles. The number of hydrogen-bond acceptors (Lipinski definition) is 7. The molecule has 1 unspecified atom stereocenters. The van der Waals surface area contributed by atoms with E-state index in [0.29, 0.717) is 23.5 Å². The number of thiophene rings is 1. The molecule has 0 spiro atoms. The number of nitriles is 1. The molecule has 1 N–H and O–H groups in total. The summed E-state index contributed by atoms with van der Waals surface area (Å²) in [6.07, 6.45) is 3.96. The highest BCUT2D eigenvalue weighted by Gasteiger charge is 2.33. The van der Waals surface area contributed by atoms with Crippen LogP contribution in [0.3, 0.4) is 0 Å². The fraction of sp³-hybridized carbons (Fsp3) is 0.414. The smallest absolute Gasteiger partial charge is 0.247 e. The molecule has 202 valence electrons. The number of aryl methyl sites for hydroxylation is 1. The van der Waals surface area contributed by atoms with Gasteiger partial charge in [-0.25, -0.2) is 0 Å². The summed E-state index contributed by atoms with van der Waals surface area (Å²) in [6, 6.07) is 12.1. The molecule has 3 aromatic rings. The Morgan fingerprint density at radius 3 is 2.72 bits per heavy atom. The first-order valence-electron chi connectivity index (χ1n) is 13.3. The maximum atomic E-state index is 13.6. The third kappa shape index (κ3) is 6.04. The van der Waals surface area contributed by atoms with Gasteiger partial charge in [0.2, 0.25) is 11.8 Å². The monoisotopic (exact) mass is 545 g/mol. The molecular weight excluding hydrogens is 514 g/mol. The van der Waals surface area contributed by atoms with Crippen LogP contribution in [0.4, 0.5) is 5.69 Å². The first kappa shape index (κ1) is 26.6. The predicted octanol–water partition coefficient (Wildman–Crippen LogP) is 4.64. The fourth-order valence-corrected chi connectivity index (χ4v) is 5.84. The lowest BCUT2D eigenvalue weighted by molar-refractivity contribution is -0.140. The van der Waals surface area contributed by atoms with E-state index in [0.717, 1.165) is 55.5 Å². The summed E-state index contributed by atoms with van der Waals surface area (Å²) < 4.78 is 5.67. The van der Waals surface area contributed by atoms with Gasteiger partial charge < -0.3 is 19.5 Å². The third-order valence-electron chi connectivity index (χ3n) is 7.17. The zero-order valence-corrected chi connectivity index (χ0v) is 22.7. The molecule has 2 fully saturated rings. The van der Waals surface area contributed by atoms with Crippen molar-refractivity contribution in [3.8, 4) is 6.07 Å². The van der Waals surface area contributed by atoms with Crippen molar-refractivity contribution < 1.29 is 18.8 Å². The minimum Gasteiger partial charge on any atom is -0.461 e. The van der Waals surface area contributed by atoms with Gasteiger partial charge in [0.1, 0.15) is 23.2 Å². The van der Waals surface area contributed by atoms with Crippen LogP contribution in [0, 0.1) is 24.2 Å². The van der Waals surface area contributed by atoms with Crippen LogP contribution in [0.5, 0.6) is 0 Å². The lowest BCUT2D eigenvalue weighted by atomic mass is 10.0. The Balaban J connectivity index is 1.45. The number of amides is 2. The third-order valence-corrected chi connectivity index (χ3v) is 8.06. The van der Waals surface area contributed by atoms with E-state index in [1.165, 1.54) is 11.3 Å². The number of carbonyl (C=O) groups excluding carboxylic acids is 3. The number of carbonyl (C=O) groups is 3. The van der Waals surface area contributed by atoms with Crippen molar-refractivity contribution in [2.24, 2.45) is 10.9 Å². The average molecular weight is 546 g/mol. The minimum absolute atomic E-state index is 0.0277. The minimum atomic E-state index is -1.22. The molecule has 0 radical (unpaired) electrons. The van der Waals surface area contributed by atoms with Crippen LogP contribution in [0.2, 0.25) is 0 Å². The van der Waals surface area contributed by atoms with Gasteiger partial charge in [0, 0.05) is 30.7 Å². The summed E-state index contributed by atoms with van der Waals surface area (Å²) in [5.41, 5.74) is 1.35. The second-order valence-electron chi connectivity index (χ2n) is 10.0. The lowest BCUT2D eigenvalue weighted by Crippen LogP contribution is -2.45. The molecule has 39 heavy (non-hydrogen) atoms. The molecule has 1 aromatic carbocycles. The van der Waals surface area contributed by atoms with E-state index in [1.807, 2.05) is 30.0 Å². The van der Waals surface area contributed by atoms with Gasteiger partial charge in [0.05, 0.1) is 17.5 Å². The van der Waals surface area contributed by atoms with Crippen LogP contribution in [0.25, 0.3) is 11.0 Å². The highest BCUT2D eigenvalue weighted by Crippen LogP contribution is 2.25. The Morgan fingerprint density at radius 1 is 1.18 bits per heavy atom. The Labute approximate surface area is 231 Å². The highest BCUT2D eigenvalue weighted by atomic mass is 32.1. The molecule has 2 saturated heterocycles. The summed E-state index contributed by atoms with van der Waals surface area (Å²) >= 11 is 1.26. The van der Waals surface area contributed by atoms with Crippen molar-refractivity contribution >= 4 is 51.4 Å². The summed E-state index contributed by atoms with van der Waals surface area (Å²) in [5.74, 6) is -0.994. The number of fused-ring (bicyclic) bond motifs is 1. The van der Waals surface area contributed by atoms with Gasteiger partial charge in [-0.3, -0.25) is 19.4 Å². The maximum absolute atomic E-state index is 13.6. The second-order valence-corrected chi connectivity index (χ2v) is 11.0. The summed E-state index contributed by atoms with van der Waals surface area (Å²) in [4.78, 5) is 48.3. The molecule has 4 heterocycles. The highest BCUT2D eigenvalue weighted by molar-refractivity contribution is 7.12. The Bertz CT molecular complexity index is 1430. The second kappa shape index (κ2) is 11.8. The molecule has 2 aliphatic heterocycles. The van der Waals surface area contributed by atoms with Crippen LogP contribution in [0.15, 0.2) is 51.2 Å². The Kier molecular flexibility index (Phi) is 8.07. The molecule has 0 aliphatic carbocycles. The number of nitrogens with zero attached hydrogens (tertiary/aromatic N) is 4. The number of nitrogens with one attached hydrogen (secondary N) is 1. The summed E-state index contributed by atoms with van der Waals surface area (Å²) in [6.45, 7) is 3.83. The van der Waals surface area contributed by atoms with Crippen molar-refractivity contribution in [3.63, 3.8) is 0 Å². The van der Waals surface area contributed by atoms with Crippen molar-refractivity contribution in [2.75, 3.05) is 31.5 Å². The number of benzene rings is 1. The van der Waals surface area contributed by atoms with Crippen LogP contribution in [-0.2, 0) is 9.59 Å². The number of hydrogen-bond donors (Lipinski definition) is 1. The quantitative estimate of drug-likeness (QED) is 0.262. The van der Waals surface area contributed by atoms with Gasteiger partial charge in [0.15, 0.2) is 11.7 Å².